The summed E-state index contributed by atoms with van der Waals surface area (Å²) in [4.78, 5) is 2.68. The molecular formula is C18H32N2. The zero-order valence-corrected chi connectivity index (χ0v) is 13.7. The summed E-state index contributed by atoms with van der Waals surface area (Å²) in [5.41, 5.74) is 1.23. The van der Waals surface area contributed by atoms with E-state index in [-0.39, 0.29) is 0 Å². The molecule has 0 saturated heterocycles. The van der Waals surface area contributed by atoms with Crippen LogP contribution in [0.15, 0.2) is 30.3 Å². The second-order valence-electron chi connectivity index (χ2n) is 6.01. The minimum Gasteiger partial charge on any atom is -0.385 e. The summed E-state index contributed by atoms with van der Waals surface area (Å²) in [6, 6.07) is 11.2. The van der Waals surface area contributed by atoms with E-state index in [2.05, 4.69) is 68.2 Å². The van der Waals surface area contributed by atoms with E-state index in [4.69, 9.17) is 0 Å². The molecule has 1 N–H and O–H groups in total. The van der Waals surface area contributed by atoms with Gasteiger partial charge in [-0.1, -0.05) is 45.9 Å². The van der Waals surface area contributed by atoms with E-state index in [0.717, 1.165) is 18.5 Å². The average Bonchev–Trinajstić information content (AvgIpc) is 2.45. The van der Waals surface area contributed by atoms with Gasteiger partial charge < -0.3 is 10.2 Å². The quantitative estimate of drug-likeness (QED) is 0.627. The molecule has 20 heavy (non-hydrogen) atoms. The first-order chi connectivity index (χ1) is 9.67. The first-order valence-corrected chi connectivity index (χ1v) is 8.20. The lowest BCUT2D eigenvalue weighted by Gasteiger charge is -2.32. The van der Waals surface area contributed by atoms with Gasteiger partial charge in [-0.2, -0.15) is 0 Å². The molecule has 0 fully saturated rings. The highest BCUT2D eigenvalue weighted by Gasteiger charge is 2.15. The molecule has 0 aliphatic rings. The van der Waals surface area contributed by atoms with Crippen molar-refractivity contribution < 1.29 is 0 Å². The van der Waals surface area contributed by atoms with E-state index in [1.807, 2.05) is 0 Å². The van der Waals surface area contributed by atoms with Crippen molar-refractivity contribution in [3.63, 3.8) is 0 Å². The molecule has 0 saturated carbocycles. The van der Waals surface area contributed by atoms with Crippen molar-refractivity contribution in [3.05, 3.63) is 30.3 Å². The van der Waals surface area contributed by atoms with E-state index in [0.29, 0.717) is 0 Å². The lowest BCUT2D eigenvalue weighted by molar-refractivity contribution is 0.165. The summed E-state index contributed by atoms with van der Waals surface area (Å²) in [5.74, 6) is 0.748. The zero-order chi connectivity index (χ0) is 14.8. The van der Waals surface area contributed by atoms with Crippen LogP contribution < -0.4 is 5.32 Å². The van der Waals surface area contributed by atoms with Crippen LogP contribution in [0.4, 0.5) is 5.69 Å². The number of rotatable bonds is 10. The van der Waals surface area contributed by atoms with Crippen molar-refractivity contribution in [1.29, 1.82) is 0 Å². The molecule has 1 aromatic rings. The number of hydrogen-bond donors (Lipinski definition) is 1. The Morgan fingerprint density at radius 3 is 2.25 bits per heavy atom. The van der Waals surface area contributed by atoms with Crippen molar-refractivity contribution in [2.45, 2.75) is 53.0 Å². The lowest BCUT2D eigenvalue weighted by Crippen LogP contribution is -2.38. The first kappa shape index (κ1) is 17.0. The van der Waals surface area contributed by atoms with Gasteiger partial charge in [-0.15, -0.1) is 0 Å². The maximum atomic E-state index is 3.50. The molecule has 114 valence electrons. The number of nitrogens with one attached hydrogen (secondary N) is 1. The lowest BCUT2D eigenvalue weighted by atomic mass is 10.1. The van der Waals surface area contributed by atoms with Crippen LogP contribution in [0.2, 0.25) is 0 Å². The maximum Gasteiger partial charge on any atom is 0.0340 e. The van der Waals surface area contributed by atoms with Crippen LogP contribution >= 0.6 is 0 Å². The molecule has 0 radical (unpaired) electrons. The Balaban J connectivity index is 2.34. The van der Waals surface area contributed by atoms with Crippen molar-refractivity contribution in [2.24, 2.45) is 5.92 Å². The summed E-state index contributed by atoms with van der Waals surface area (Å²) in [7, 11) is 0. The van der Waals surface area contributed by atoms with Gasteiger partial charge in [0, 0.05) is 31.4 Å². The Morgan fingerprint density at radius 1 is 1.05 bits per heavy atom. The Bertz CT molecular complexity index is 331. The molecule has 2 nitrogen and oxygen atoms in total. The summed E-state index contributed by atoms with van der Waals surface area (Å²) >= 11 is 0. The highest BCUT2D eigenvalue weighted by atomic mass is 15.2. The highest BCUT2D eigenvalue weighted by Crippen LogP contribution is 2.12. The largest absolute Gasteiger partial charge is 0.385 e. The SMILES string of the molecule is CCC(CC)N(CCCNc1ccccc1)CC(C)C. The topological polar surface area (TPSA) is 15.3 Å². The molecule has 0 atom stereocenters. The van der Waals surface area contributed by atoms with Crippen LogP contribution in [-0.2, 0) is 0 Å². The summed E-state index contributed by atoms with van der Waals surface area (Å²) < 4.78 is 0. The normalized spacial score (nSPS) is 11.6. The van der Waals surface area contributed by atoms with E-state index < -0.39 is 0 Å². The third-order valence-electron chi connectivity index (χ3n) is 3.78. The van der Waals surface area contributed by atoms with Crippen molar-refractivity contribution >= 4 is 5.69 Å². The van der Waals surface area contributed by atoms with Gasteiger partial charge in [0.1, 0.15) is 0 Å². The zero-order valence-electron chi connectivity index (χ0n) is 13.7. The molecule has 0 aliphatic carbocycles. The van der Waals surface area contributed by atoms with Gasteiger partial charge in [-0.05, 0) is 37.3 Å². The van der Waals surface area contributed by atoms with E-state index in [9.17, 15) is 0 Å². The molecule has 0 aliphatic heterocycles. The number of para-hydroxylation sites is 1. The molecule has 0 amide bonds. The average molecular weight is 276 g/mol. The van der Waals surface area contributed by atoms with Gasteiger partial charge >= 0.3 is 0 Å². The van der Waals surface area contributed by atoms with Crippen LogP contribution in [0.3, 0.4) is 0 Å². The van der Waals surface area contributed by atoms with Crippen LogP contribution in [0.25, 0.3) is 0 Å². The first-order valence-electron chi connectivity index (χ1n) is 8.20. The molecule has 0 spiro atoms. The van der Waals surface area contributed by atoms with E-state index in [1.165, 1.54) is 38.0 Å². The second-order valence-corrected chi connectivity index (χ2v) is 6.01. The molecule has 0 aromatic heterocycles. The monoisotopic (exact) mass is 276 g/mol. The number of anilines is 1. The number of hydrogen-bond acceptors (Lipinski definition) is 2. The van der Waals surface area contributed by atoms with Crippen LogP contribution in [-0.4, -0.2) is 30.6 Å². The van der Waals surface area contributed by atoms with Gasteiger partial charge in [0.25, 0.3) is 0 Å². The fourth-order valence-electron chi connectivity index (χ4n) is 2.77. The highest BCUT2D eigenvalue weighted by molar-refractivity contribution is 5.42. The predicted molar refractivity (Wildman–Crippen MR) is 90.3 cm³/mol. The third kappa shape index (κ3) is 6.42. The van der Waals surface area contributed by atoms with Crippen LogP contribution in [0.5, 0.6) is 0 Å². The Kier molecular flexibility index (Phi) is 8.36. The fraction of sp³-hybridized carbons (Fsp3) is 0.667. The molecule has 0 heterocycles. The maximum absolute atomic E-state index is 3.50. The van der Waals surface area contributed by atoms with Crippen molar-refractivity contribution in [3.8, 4) is 0 Å². The molecule has 1 aromatic carbocycles. The standard InChI is InChI=1S/C18H32N2/c1-5-18(6-2)20(15-16(3)4)14-10-13-19-17-11-8-7-9-12-17/h7-9,11-12,16,18-19H,5-6,10,13-15H2,1-4H3. The van der Waals surface area contributed by atoms with Crippen molar-refractivity contribution in [2.75, 3.05) is 25.0 Å². The van der Waals surface area contributed by atoms with Gasteiger partial charge in [0.2, 0.25) is 0 Å². The molecular weight excluding hydrogens is 244 g/mol. The van der Waals surface area contributed by atoms with E-state index in [1.54, 1.807) is 0 Å². The molecule has 2 heteroatoms. The van der Waals surface area contributed by atoms with Crippen molar-refractivity contribution in [1.82, 2.24) is 4.90 Å². The Labute approximate surface area is 125 Å². The van der Waals surface area contributed by atoms with Gasteiger partial charge in [-0.3, -0.25) is 0 Å². The third-order valence-corrected chi connectivity index (χ3v) is 3.78. The number of benzene rings is 1. The minimum absolute atomic E-state index is 0.745. The second kappa shape index (κ2) is 9.82. The molecule has 1 rings (SSSR count). The summed E-state index contributed by atoms with van der Waals surface area (Å²) in [6.07, 6.45) is 3.72. The van der Waals surface area contributed by atoms with Gasteiger partial charge in [0.05, 0.1) is 0 Å². The smallest absolute Gasteiger partial charge is 0.0340 e. The summed E-state index contributed by atoms with van der Waals surface area (Å²) in [6.45, 7) is 12.7. The Hall–Kier alpha value is -1.02. The van der Waals surface area contributed by atoms with Gasteiger partial charge in [-0.25, -0.2) is 0 Å². The Morgan fingerprint density at radius 2 is 1.70 bits per heavy atom. The minimum atomic E-state index is 0.745. The van der Waals surface area contributed by atoms with Gasteiger partial charge in [0.15, 0.2) is 0 Å². The molecule has 0 bridgehead atoms. The van der Waals surface area contributed by atoms with Crippen LogP contribution in [0, 0.1) is 5.92 Å². The van der Waals surface area contributed by atoms with Crippen LogP contribution in [0.1, 0.15) is 47.0 Å². The molecule has 0 unspecified atom stereocenters. The predicted octanol–water partition coefficient (Wildman–Crippen LogP) is 4.64. The number of nitrogens with zero attached hydrogens (tertiary/aromatic N) is 1. The van der Waals surface area contributed by atoms with E-state index >= 15 is 0 Å². The fourth-order valence-corrected chi connectivity index (χ4v) is 2.77. The summed E-state index contributed by atoms with van der Waals surface area (Å²) in [5, 5.41) is 3.50.